The maximum atomic E-state index is 11.7. The molecular formula is C10H15N3O2S2. The van der Waals surface area contributed by atoms with Crippen LogP contribution in [0.2, 0.25) is 0 Å². The van der Waals surface area contributed by atoms with Gasteiger partial charge in [-0.15, -0.1) is 0 Å². The van der Waals surface area contributed by atoms with Crippen LogP contribution in [0.15, 0.2) is 24.3 Å². The molecule has 0 bridgehead atoms. The third kappa shape index (κ3) is 4.29. The highest BCUT2D eigenvalue weighted by molar-refractivity contribution is 7.90. The van der Waals surface area contributed by atoms with Crippen molar-refractivity contribution in [1.29, 1.82) is 0 Å². The Morgan fingerprint density at radius 2 is 1.94 bits per heavy atom. The zero-order chi connectivity index (χ0) is 13.1. The van der Waals surface area contributed by atoms with Crippen molar-refractivity contribution >= 4 is 33.1 Å². The van der Waals surface area contributed by atoms with E-state index < -0.39 is 10.2 Å². The summed E-state index contributed by atoms with van der Waals surface area (Å²) >= 11 is 4.85. The maximum absolute atomic E-state index is 11.7. The van der Waals surface area contributed by atoms with Crippen LogP contribution in [0, 0.1) is 0 Å². The molecule has 0 saturated heterocycles. The van der Waals surface area contributed by atoms with Crippen LogP contribution < -0.4 is 15.2 Å². The molecule has 0 saturated carbocycles. The van der Waals surface area contributed by atoms with E-state index >= 15 is 0 Å². The molecule has 0 aliphatic rings. The van der Waals surface area contributed by atoms with Gasteiger partial charge in [0.25, 0.3) is 10.2 Å². The predicted octanol–water partition coefficient (Wildman–Crippen LogP) is 0.975. The number of hydrogen-bond donors (Lipinski definition) is 3. The largest absolute Gasteiger partial charge is 0.389 e. The Hall–Kier alpha value is -1.18. The Kier molecular flexibility index (Phi) is 4.44. The second-order valence-corrected chi connectivity index (χ2v) is 5.67. The highest BCUT2D eigenvalue weighted by Crippen LogP contribution is 2.15. The van der Waals surface area contributed by atoms with Gasteiger partial charge in [-0.3, -0.25) is 4.72 Å². The van der Waals surface area contributed by atoms with Gasteiger partial charge in [-0.25, -0.2) is 0 Å². The van der Waals surface area contributed by atoms with Crippen molar-refractivity contribution in [3.63, 3.8) is 0 Å². The van der Waals surface area contributed by atoms with Crippen LogP contribution in [-0.2, 0) is 10.2 Å². The Morgan fingerprint density at radius 3 is 2.47 bits per heavy atom. The average molecular weight is 273 g/mol. The summed E-state index contributed by atoms with van der Waals surface area (Å²) < 4.78 is 28.2. The fourth-order valence-corrected chi connectivity index (χ4v) is 2.60. The third-order valence-electron chi connectivity index (χ3n) is 1.83. The molecule has 0 aliphatic carbocycles. The van der Waals surface area contributed by atoms with Crippen molar-refractivity contribution in [3.8, 4) is 0 Å². The number of para-hydroxylation sites is 1. The number of anilines is 1. The molecule has 0 radical (unpaired) electrons. The monoisotopic (exact) mass is 273 g/mol. The van der Waals surface area contributed by atoms with Crippen LogP contribution in [-0.4, -0.2) is 19.4 Å². The van der Waals surface area contributed by atoms with Gasteiger partial charge in [-0.2, -0.15) is 13.1 Å². The predicted molar refractivity (Wildman–Crippen MR) is 73.1 cm³/mol. The first-order valence-electron chi connectivity index (χ1n) is 5.01. The van der Waals surface area contributed by atoms with Crippen LogP contribution in [0.4, 0.5) is 5.69 Å². The molecule has 1 aromatic carbocycles. The van der Waals surface area contributed by atoms with Gasteiger partial charge >= 0.3 is 0 Å². The van der Waals surface area contributed by atoms with Gasteiger partial charge in [-0.1, -0.05) is 24.4 Å². The van der Waals surface area contributed by atoms with E-state index in [1.165, 1.54) is 0 Å². The Bertz CT molecular complexity index is 512. The number of rotatable bonds is 5. The van der Waals surface area contributed by atoms with Crippen LogP contribution >= 0.6 is 12.2 Å². The van der Waals surface area contributed by atoms with Crippen molar-refractivity contribution in [2.24, 2.45) is 5.73 Å². The van der Waals surface area contributed by atoms with Crippen molar-refractivity contribution in [2.75, 3.05) is 4.72 Å². The molecule has 1 aromatic rings. The van der Waals surface area contributed by atoms with Gasteiger partial charge < -0.3 is 5.73 Å². The molecule has 0 amide bonds. The number of hydrogen-bond acceptors (Lipinski definition) is 3. The minimum atomic E-state index is -3.61. The second-order valence-electron chi connectivity index (χ2n) is 3.79. The lowest BCUT2D eigenvalue weighted by Gasteiger charge is -2.13. The smallest absolute Gasteiger partial charge is 0.299 e. The Labute approximate surface area is 107 Å². The molecule has 0 atom stereocenters. The standard InChI is InChI=1S/C10H15N3O2S2/c1-7(2)12-17(14,15)13-9-6-4-3-5-8(9)10(11)16/h3-7,12-13H,1-2H3,(H2,11,16). The van der Waals surface area contributed by atoms with Crippen LogP contribution in [0.1, 0.15) is 19.4 Å². The summed E-state index contributed by atoms with van der Waals surface area (Å²) in [5, 5.41) is 0. The van der Waals surface area contributed by atoms with Gasteiger partial charge in [0.1, 0.15) is 4.99 Å². The quantitative estimate of drug-likeness (QED) is 0.698. The minimum Gasteiger partial charge on any atom is -0.389 e. The van der Waals surface area contributed by atoms with Gasteiger partial charge in [0.15, 0.2) is 0 Å². The number of nitrogens with one attached hydrogen (secondary N) is 2. The molecule has 7 heteroatoms. The van der Waals surface area contributed by atoms with Gasteiger partial charge in [0.05, 0.1) is 5.69 Å². The lowest BCUT2D eigenvalue weighted by atomic mass is 10.2. The second kappa shape index (κ2) is 5.44. The van der Waals surface area contributed by atoms with E-state index in [1.807, 2.05) is 0 Å². The fourth-order valence-electron chi connectivity index (χ4n) is 1.27. The summed E-state index contributed by atoms with van der Waals surface area (Å²) in [4.78, 5) is 0.146. The first kappa shape index (κ1) is 13.9. The van der Waals surface area contributed by atoms with Crippen LogP contribution in [0.5, 0.6) is 0 Å². The summed E-state index contributed by atoms with van der Waals surface area (Å²) in [5.74, 6) is 0. The summed E-state index contributed by atoms with van der Waals surface area (Å²) in [6.07, 6.45) is 0. The van der Waals surface area contributed by atoms with E-state index in [2.05, 4.69) is 9.44 Å². The summed E-state index contributed by atoms with van der Waals surface area (Å²) in [5.41, 5.74) is 6.38. The number of thiocarbonyl (C=S) groups is 1. The maximum Gasteiger partial charge on any atom is 0.299 e. The summed E-state index contributed by atoms with van der Waals surface area (Å²) in [6, 6.07) is 6.52. The fraction of sp³-hybridized carbons (Fsp3) is 0.300. The normalized spacial score (nSPS) is 11.5. The molecule has 17 heavy (non-hydrogen) atoms. The molecule has 4 N–H and O–H groups in total. The molecular weight excluding hydrogens is 258 g/mol. The van der Waals surface area contributed by atoms with E-state index in [1.54, 1.807) is 38.1 Å². The Balaban J connectivity index is 3.00. The third-order valence-corrected chi connectivity index (χ3v) is 3.32. The van der Waals surface area contributed by atoms with Crippen LogP contribution in [0.3, 0.4) is 0 Å². The molecule has 5 nitrogen and oxygen atoms in total. The molecule has 94 valence electrons. The lowest BCUT2D eigenvalue weighted by molar-refractivity contribution is 0.575. The lowest BCUT2D eigenvalue weighted by Crippen LogP contribution is -2.35. The van der Waals surface area contributed by atoms with E-state index in [-0.39, 0.29) is 11.0 Å². The van der Waals surface area contributed by atoms with Crippen molar-refractivity contribution in [1.82, 2.24) is 4.72 Å². The molecule has 0 fully saturated rings. The first-order chi connectivity index (χ1) is 7.82. The van der Waals surface area contributed by atoms with E-state index in [0.29, 0.717) is 11.3 Å². The summed E-state index contributed by atoms with van der Waals surface area (Å²) in [7, 11) is -3.61. The van der Waals surface area contributed by atoms with Gasteiger partial charge in [0.2, 0.25) is 0 Å². The zero-order valence-corrected chi connectivity index (χ0v) is 11.2. The SMILES string of the molecule is CC(C)NS(=O)(=O)Nc1ccccc1C(N)=S. The van der Waals surface area contributed by atoms with E-state index in [9.17, 15) is 8.42 Å². The van der Waals surface area contributed by atoms with Crippen molar-refractivity contribution in [3.05, 3.63) is 29.8 Å². The highest BCUT2D eigenvalue weighted by Gasteiger charge is 2.14. The highest BCUT2D eigenvalue weighted by atomic mass is 32.2. The average Bonchev–Trinajstić information content (AvgIpc) is 2.14. The molecule has 1 rings (SSSR count). The van der Waals surface area contributed by atoms with Crippen molar-refractivity contribution < 1.29 is 8.42 Å². The van der Waals surface area contributed by atoms with Gasteiger partial charge in [-0.05, 0) is 26.0 Å². The minimum absolute atomic E-state index is 0.146. The first-order valence-corrected chi connectivity index (χ1v) is 6.90. The molecule has 0 unspecified atom stereocenters. The summed E-state index contributed by atoms with van der Waals surface area (Å²) in [6.45, 7) is 3.47. The zero-order valence-electron chi connectivity index (χ0n) is 9.60. The molecule has 0 aromatic heterocycles. The molecule has 0 aliphatic heterocycles. The number of benzene rings is 1. The molecule has 0 heterocycles. The Morgan fingerprint density at radius 1 is 1.35 bits per heavy atom. The molecule has 0 spiro atoms. The number of nitrogens with two attached hydrogens (primary N) is 1. The topological polar surface area (TPSA) is 84.2 Å². The van der Waals surface area contributed by atoms with Crippen molar-refractivity contribution in [2.45, 2.75) is 19.9 Å². The van der Waals surface area contributed by atoms with E-state index in [0.717, 1.165) is 0 Å². The van der Waals surface area contributed by atoms with Gasteiger partial charge in [0, 0.05) is 11.6 Å². The van der Waals surface area contributed by atoms with Crippen LogP contribution in [0.25, 0.3) is 0 Å². The van der Waals surface area contributed by atoms with E-state index in [4.69, 9.17) is 18.0 Å².